The molecule has 4 N–H and O–H groups in total. The highest BCUT2D eigenvalue weighted by Crippen LogP contribution is 2.31. The number of aromatic nitrogens is 2. The van der Waals surface area contributed by atoms with E-state index >= 15 is 0 Å². The lowest BCUT2D eigenvalue weighted by Gasteiger charge is -2.12. The number of rotatable bonds is 2. The van der Waals surface area contributed by atoms with Gasteiger partial charge in [0.15, 0.2) is 11.0 Å². The number of anilines is 2. The lowest BCUT2D eigenvalue weighted by molar-refractivity contribution is 0.315. The van der Waals surface area contributed by atoms with Crippen molar-refractivity contribution in [1.29, 1.82) is 0 Å². The molecule has 1 aromatic heterocycles. The van der Waals surface area contributed by atoms with Crippen molar-refractivity contribution < 1.29 is 13.0 Å². The molecule has 0 bridgehead atoms. The summed E-state index contributed by atoms with van der Waals surface area (Å²) in [7, 11) is -0.869. The first-order chi connectivity index (χ1) is 7.85. The minimum atomic E-state index is -3.68. The summed E-state index contributed by atoms with van der Waals surface area (Å²) in [5, 5.41) is 7.08. The van der Waals surface area contributed by atoms with Gasteiger partial charge in [-0.05, 0) is 16.4 Å². The molecule has 92 valence electrons. The van der Waals surface area contributed by atoms with Gasteiger partial charge in [-0.15, -0.1) is 0 Å². The minimum Gasteiger partial charge on any atom is -0.397 e. The Labute approximate surface area is 97.2 Å². The third kappa shape index (κ3) is 1.59. The molecular weight excluding hydrogens is 246 g/mol. The van der Waals surface area contributed by atoms with E-state index in [0.717, 1.165) is 4.31 Å². The minimum absolute atomic E-state index is 0.0744. The predicted octanol–water partition coefficient (Wildman–Crippen LogP) is -0.362. The summed E-state index contributed by atoms with van der Waals surface area (Å²) < 4.78 is 29.6. The number of nitrogens with zero attached hydrogens (tertiary/aromatic N) is 3. The van der Waals surface area contributed by atoms with Crippen LogP contribution in [0.4, 0.5) is 11.4 Å². The molecular formula is C8H11N5O3S. The maximum Gasteiger partial charge on any atom is 0.245 e. The second-order valence-electron chi connectivity index (χ2n) is 3.63. The summed E-state index contributed by atoms with van der Waals surface area (Å²) in [6.07, 6.45) is 0. The lowest BCUT2D eigenvalue weighted by atomic mass is 10.2. The molecule has 0 aliphatic heterocycles. The smallest absolute Gasteiger partial charge is 0.245 e. The van der Waals surface area contributed by atoms with Crippen LogP contribution in [-0.2, 0) is 10.0 Å². The molecule has 0 atom stereocenters. The lowest BCUT2D eigenvalue weighted by Crippen LogP contribution is -2.22. The fourth-order valence-electron chi connectivity index (χ4n) is 1.34. The number of nitrogens with two attached hydrogens (primary N) is 2. The van der Waals surface area contributed by atoms with E-state index in [1.807, 2.05) is 0 Å². The first-order valence-electron chi connectivity index (χ1n) is 4.58. The van der Waals surface area contributed by atoms with Crippen LogP contribution >= 0.6 is 0 Å². The fourth-order valence-corrected chi connectivity index (χ4v) is 2.39. The largest absolute Gasteiger partial charge is 0.397 e. The van der Waals surface area contributed by atoms with E-state index in [-0.39, 0.29) is 27.3 Å². The number of benzene rings is 1. The molecule has 1 heterocycles. The average molecular weight is 257 g/mol. The van der Waals surface area contributed by atoms with Gasteiger partial charge in [-0.2, -0.15) is 0 Å². The first kappa shape index (κ1) is 11.6. The zero-order chi connectivity index (χ0) is 12.8. The van der Waals surface area contributed by atoms with E-state index in [2.05, 4.69) is 14.9 Å². The van der Waals surface area contributed by atoms with Crippen molar-refractivity contribution in [2.75, 3.05) is 25.6 Å². The molecule has 0 saturated carbocycles. The average Bonchev–Trinajstić information content (AvgIpc) is 2.71. The maximum atomic E-state index is 12.0. The van der Waals surface area contributed by atoms with Crippen LogP contribution in [0, 0.1) is 0 Å². The van der Waals surface area contributed by atoms with E-state index in [1.165, 1.54) is 20.2 Å². The Hall–Kier alpha value is -1.87. The predicted molar refractivity (Wildman–Crippen MR) is 61.5 cm³/mol. The Morgan fingerprint density at radius 2 is 1.82 bits per heavy atom. The Kier molecular flexibility index (Phi) is 2.44. The van der Waals surface area contributed by atoms with Crippen LogP contribution < -0.4 is 11.5 Å². The van der Waals surface area contributed by atoms with Crippen molar-refractivity contribution in [3.05, 3.63) is 6.07 Å². The normalized spacial score (nSPS) is 12.4. The third-order valence-electron chi connectivity index (χ3n) is 2.33. The van der Waals surface area contributed by atoms with Gasteiger partial charge in [-0.25, -0.2) is 17.4 Å². The molecule has 0 amide bonds. The molecule has 8 nitrogen and oxygen atoms in total. The molecule has 9 heteroatoms. The summed E-state index contributed by atoms with van der Waals surface area (Å²) in [5.74, 6) is 0. The van der Waals surface area contributed by atoms with Crippen molar-refractivity contribution >= 4 is 32.4 Å². The van der Waals surface area contributed by atoms with Gasteiger partial charge in [-0.1, -0.05) is 0 Å². The SMILES string of the molecule is CN(C)S(=O)(=O)c1cc(N)c(N)c2nonc12. The van der Waals surface area contributed by atoms with Gasteiger partial charge in [0, 0.05) is 14.1 Å². The quantitative estimate of drug-likeness (QED) is 0.702. The number of sulfonamides is 1. The van der Waals surface area contributed by atoms with Crippen LogP contribution in [0.1, 0.15) is 0 Å². The molecule has 2 rings (SSSR count). The third-order valence-corrected chi connectivity index (χ3v) is 4.16. The van der Waals surface area contributed by atoms with E-state index in [1.54, 1.807) is 0 Å². The second-order valence-corrected chi connectivity index (χ2v) is 5.75. The van der Waals surface area contributed by atoms with Gasteiger partial charge in [0.2, 0.25) is 10.0 Å². The molecule has 0 aliphatic rings. The topological polar surface area (TPSA) is 128 Å². The van der Waals surface area contributed by atoms with Crippen molar-refractivity contribution in [1.82, 2.24) is 14.6 Å². The van der Waals surface area contributed by atoms with Gasteiger partial charge >= 0.3 is 0 Å². The molecule has 0 fully saturated rings. The Morgan fingerprint density at radius 3 is 2.41 bits per heavy atom. The van der Waals surface area contributed by atoms with Gasteiger partial charge < -0.3 is 11.5 Å². The summed E-state index contributed by atoms with van der Waals surface area (Å²) in [6.45, 7) is 0. The van der Waals surface area contributed by atoms with Gasteiger partial charge in [0.25, 0.3) is 0 Å². The maximum absolute atomic E-state index is 12.0. The fraction of sp³-hybridized carbons (Fsp3) is 0.250. The highest BCUT2D eigenvalue weighted by molar-refractivity contribution is 7.89. The highest BCUT2D eigenvalue weighted by Gasteiger charge is 2.25. The van der Waals surface area contributed by atoms with Crippen LogP contribution in [0.3, 0.4) is 0 Å². The van der Waals surface area contributed by atoms with Crippen molar-refractivity contribution in [3.8, 4) is 0 Å². The molecule has 0 unspecified atom stereocenters. The van der Waals surface area contributed by atoms with Crippen LogP contribution in [-0.4, -0.2) is 37.1 Å². The number of fused-ring (bicyclic) bond motifs is 1. The number of nitrogen functional groups attached to an aromatic ring is 2. The van der Waals surface area contributed by atoms with E-state index in [4.69, 9.17) is 11.5 Å². The molecule has 0 saturated heterocycles. The molecule has 0 aliphatic carbocycles. The van der Waals surface area contributed by atoms with E-state index < -0.39 is 10.0 Å². The molecule has 1 aromatic carbocycles. The van der Waals surface area contributed by atoms with Crippen LogP contribution in [0.25, 0.3) is 11.0 Å². The molecule has 0 spiro atoms. The number of hydrogen-bond acceptors (Lipinski definition) is 7. The molecule has 17 heavy (non-hydrogen) atoms. The highest BCUT2D eigenvalue weighted by atomic mass is 32.2. The van der Waals surface area contributed by atoms with Crippen molar-refractivity contribution in [2.24, 2.45) is 0 Å². The standard InChI is InChI=1S/C8H11N5O3S/c1-13(2)17(14,15)5-3-4(9)6(10)8-7(5)11-16-12-8/h3H,9-10H2,1-2H3. The Morgan fingerprint density at radius 1 is 1.24 bits per heavy atom. The van der Waals surface area contributed by atoms with Gasteiger partial charge in [0.1, 0.15) is 4.90 Å². The summed E-state index contributed by atoms with van der Waals surface area (Å²) >= 11 is 0. The first-order valence-corrected chi connectivity index (χ1v) is 6.02. The van der Waals surface area contributed by atoms with E-state index in [9.17, 15) is 8.42 Å². The van der Waals surface area contributed by atoms with E-state index in [0.29, 0.717) is 0 Å². The summed E-state index contributed by atoms with van der Waals surface area (Å²) in [6, 6.07) is 1.25. The Bertz CT molecular complexity index is 676. The summed E-state index contributed by atoms with van der Waals surface area (Å²) in [5.41, 5.74) is 11.8. The number of hydrogen-bond donors (Lipinski definition) is 2. The van der Waals surface area contributed by atoms with Crippen LogP contribution in [0.15, 0.2) is 15.6 Å². The second kappa shape index (κ2) is 3.57. The molecule has 2 aromatic rings. The monoisotopic (exact) mass is 257 g/mol. The zero-order valence-corrected chi connectivity index (χ0v) is 10.0. The van der Waals surface area contributed by atoms with Crippen LogP contribution in [0.5, 0.6) is 0 Å². The molecule has 0 radical (unpaired) electrons. The van der Waals surface area contributed by atoms with Crippen LogP contribution in [0.2, 0.25) is 0 Å². The van der Waals surface area contributed by atoms with Crippen molar-refractivity contribution in [2.45, 2.75) is 4.90 Å². The zero-order valence-electron chi connectivity index (χ0n) is 9.21. The Balaban J connectivity index is 2.89. The summed E-state index contributed by atoms with van der Waals surface area (Å²) in [4.78, 5) is -0.0783. The van der Waals surface area contributed by atoms with Gasteiger partial charge in [-0.3, -0.25) is 0 Å². The van der Waals surface area contributed by atoms with Gasteiger partial charge in [0.05, 0.1) is 11.4 Å². The van der Waals surface area contributed by atoms with Crippen molar-refractivity contribution in [3.63, 3.8) is 0 Å².